The summed E-state index contributed by atoms with van der Waals surface area (Å²) in [6.07, 6.45) is 15.0. The topological polar surface area (TPSA) is 334 Å². The van der Waals surface area contributed by atoms with Crippen molar-refractivity contribution in [2.75, 3.05) is 45.4 Å². The first-order valence-corrected chi connectivity index (χ1v) is 44.8. The maximum absolute atomic E-state index is 12.1. The lowest BCUT2D eigenvalue weighted by atomic mass is 9.68. The molecule has 13 atom stereocenters. The third kappa shape index (κ3) is 34.4. The molecule has 13 fully saturated rings. The van der Waals surface area contributed by atoms with E-state index in [2.05, 4.69) is 4.18 Å². The maximum atomic E-state index is 12.1. The summed E-state index contributed by atoms with van der Waals surface area (Å²) < 4.78 is 114. The molecule has 111 heavy (non-hydrogen) atoms. The van der Waals surface area contributed by atoms with E-state index in [1.807, 2.05) is 201 Å². The molecule has 0 amide bonds. The van der Waals surface area contributed by atoms with Crippen molar-refractivity contribution in [1.82, 2.24) is 0 Å². The van der Waals surface area contributed by atoms with Crippen LogP contribution in [0.2, 0.25) is 0 Å². The van der Waals surface area contributed by atoms with Gasteiger partial charge in [-0.3, -0.25) is 37.1 Å². The molecule has 0 aromatic heterocycles. The van der Waals surface area contributed by atoms with E-state index in [0.29, 0.717) is 64.1 Å². The van der Waals surface area contributed by atoms with Crippen LogP contribution in [0.1, 0.15) is 316 Å². The van der Waals surface area contributed by atoms with Gasteiger partial charge in [-0.05, 0) is 238 Å². The summed E-state index contributed by atoms with van der Waals surface area (Å²) in [5.74, 6) is 1.69. The Hall–Kier alpha value is -4.90. The molecule has 13 aliphatic rings. The molecule has 6 aliphatic carbocycles. The third-order valence-electron chi connectivity index (χ3n) is 21.8. The molecule has 6 saturated carbocycles. The van der Waals surface area contributed by atoms with Gasteiger partial charge in [0.2, 0.25) is 0 Å². The average molecular weight is 1630 g/mol. The average Bonchev–Trinajstić information content (AvgIpc) is 1.59. The predicted octanol–water partition coefficient (Wildman–Crippen LogP) is 17.5. The Morgan fingerprint density at radius 3 is 1.16 bits per heavy atom. The van der Waals surface area contributed by atoms with Gasteiger partial charge in [-0.25, -0.2) is 9.59 Å². The van der Waals surface area contributed by atoms with Crippen molar-refractivity contribution in [2.45, 2.75) is 376 Å². The molecule has 13 rings (SSSR count). The second kappa shape index (κ2) is 49.9. The van der Waals surface area contributed by atoms with Crippen LogP contribution in [0.4, 0.5) is 9.59 Å². The zero-order chi connectivity index (χ0) is 85.9. The van der Waals surface area contributed by atoms with Gasteiger partial charge in [-0.15, -0.1) is 0 Å². The molecule has 0 radical (unpaired) electrons. The summed E-state index contributed by atoms with van der Waals surface area (Å²) in [6, 6.07) is 0. The van der Waals surface area contributed by atoms with Gasteiger partial charge in [0.1, 0.15) is 43.2 Å². The Kier molecular flexibility index (Phi) is 47.7. The molecule has 0 spiro atoms. The molecule has 26 nitrogen and oxygen atoms in total. The summed E-state index contributed by atoms with van der Waals surface area (Å²) in [6.45, 7) is 58.0. The van der Waals surface area contributed by atoms with Crippen molar-refractivity contribution in [3.8, 4) is 0 Å². The summed E-state index contributed by atoms with van der Waals surface area (Å²) in [5.41, 5.74) is -1.80. The molecule has 13 unspecified atom stereocenters. The summed E-state index contributed by atoms with van der Waals surface area (Å²) >= 11 is 0. The minimum Gasteiger partial charge on any atom is -0.466 e. The Morgan fingerprint density at radius 2 is 0.820 bits per heavy atom. The van der Waals surface area contributed by atoms with Gasteiger partial charge >= 0.3 is 48.1 Å². The van der Waals surface area contributed by atoms with Crippen molar-refractivity contribution in [1.29, 1.82) is 0 Å². The lowest BCUT2D eigenvalue weighted by Gasteiger charge is -2.35. The van der Waals surface area contributed by atoms with Crippen LogP contribution in [0.15, 0.2) is 0 Å². The fourth-order valence-electron chi connectivity index (χ4n) is 13.5. The minimum absolute atomic E-state index is 0.0291. The number of carbonyl (C=O) groups excluding carboxylic acids is 8. The number of fused-ring (bicyclic) bond motifs is 7. The number of ether oxygens (including phenoxy) is 12. The fraction of sp³-hybridized carbons (Fsp3) is 0.904. The number of hydrogen-bond acceptors (Lipinski definition) is 26. The number of hydrogen-bond donors (Lipinski definition) is 0. The van der Waals surface area contributed by atoms with Crippen LogP contribution >= 0.6 is 0 Å². The maximum Gasteiger partial charge on any atom is 0.509 e. The molecule has 7 saturated heterocycles. The molecular weight excluding hydrogens is 1480 g/mol. The SMILES string of the molecule is CC.CC.CC.CC.CCC(C)(C)C(=O)OCC1OC(=O)OC2C1CC1OC(C)(C)OC12.CCOC(=O)C(C)(C)CC.CCOC(=O)C(C)(C)CC.CCOC(=O)C(C)(C)CC.CCOC(=O)C(C)(C)CC.O=C1OC2CC3CC(C2)CC1C3.O=C1OC2CCC(C2)O1.O=S1(=O)CCCO1.O=S1(=O)OC2CC3CC2C1C3. The van der Waals surface area contributed by atoms with Gasteiger partial charge in [0.25, 0.3) is 20.2 Å². The summed E-state index contributed by atoms with van der Waals surface area (Å²) in [4.78, 5) is 90.1. The zero-order valence-electron chi connectivity index (χ0n) is 73.8. The summed E-state index contributed by atoms with van der Waals surface area (Å²) in [5, 5.41) is -0.133. The molecule has 652 valence electrons. The lowest BCUT2D eigenvalue weighted by molar-refractivity contribution is -0.193. The van der Waals surface area contributed by atoms with E-state index in [9.17, 15) is 55.2 Å². The molecule has 7 aliphatic heterocycles. The van der Waals surface area contributed by atoms with E-state index in [0.717, 1.165) is 102 Å². The molecule has 28 heteroatoms. The van der Waals surface area contributed by atoms with Crippen LogP contribution in [0, 0.1) is 62.6 Å². The lowest BCUT2D eigenvalue weighted by Crippen LogP contribution is -2.48. The normalized spacial score (nSPS) is 28.4. The van der Waals surface area contributed by atoms with Crippen molar-refractivity contribution in [2.24, 2.45) is 62.6 Å². The van der Waals surface area contributed by atoms with Crippen LogP contribution in [0.25, 0.3) is 0 Å². The van der Waals surface area contributed by atoms with Crippen LogP contribution in [0.3, 0.4) is 0 Å². The molecule has 0 aromatic carbocycles. The highest BCUT2D eigenvalue weighted by molar-refractivity contribution is 7.87. The quantitative estimate of drug-likeness (QED) is 0.0787. The zero-order valence-corrected chi connectivity index (χ0v) is 75.4. The van der Waals surface area contributed by atoms with Crippen molar-refractivity contribution in [3.05, 3.63) is 0 Å². The molecule has 0 N–H and O–H groups in total. The van der Waals surface area contributed by atoms with E-state index in [1.165, 1.54) is 6.42 Å². The molecule has 7 heterocycles. The Morgan fingerprint density at radius 1 is 0.423 bits per heavy atom. The van der Waals surface area contributed by atoms with Crippen LogP contribution < -0.4 is 0 Å². The highest BCUT2D eigenvalue weighted by Crippen LogP contribution is 2.54. The molecular formula is C83H152O26S2. The van der Waals surface area contributed by atoms with E-state index < -0.39 is 56.0 Å². The van der Waals surface area contributed by atoms with Gasteiger partial charge in [-0.2, -0.15) is 16.8 Å². The van der Waals surface area contributed by atoms with Crippen LogP contribution in [-0.4, -0.2) is 170 Å². The van der Waals surface area contributed by atoms with Crippen molar-refractivity contribution < 1.29 is 120 Å². The van der Waals surface area contributed by atoms with Crippen molar-refractivity contribution in [3.63, 3.8) is 0 Å². The number of esters is 6. The monoisotopic (exact) mass is 1630 g/mol. The number of cyclic esters (lactones) is 1. The second-order valence-corrected chi connectivity index (χ2v) is 35.8. The highest BCUT2D eigenvalue weighted by Gasteiger charge is 2.61. The van der Waals surface area contributed by atoms with Gasteiger partial charge in [-0.1, -0.05) is 90.0 Å². The first-order chi connectivity index (χ1) is 51.8. The number of carbonyl (C=O) groups is 8. The van der Waals surface area contributed by atoms with Crippen molar-refractivity contribution >= 4 is 68.4 Å². The van der Waals surface area contributed by atoms with Crippen LogP contribution in [0.5, 0.6) is 0 Å². The predicted molar refractivity (Wildman–Crippen MR) is 426 cm³/mol. The second-order valence-electron chi connectivity index (χ2n) is 32.2. The first kappa shape index (κ1) is 106. The van der Waals surface area contributed by atoms with Crippen LogP contribution in [-0.2, 0) is 114 Å². The van der Waals surface area contributed by atoms with Gasteiger partial charge in [0.05, 0.1) is 89.2 Å². The van der Waals surface area contributed by atoms with Gasteiger partial charge < -0.3 is 56.8 Å². The number of rotatable bonds is 16. The fourth-order valence-corrected chi connectivity index (χ4v) is 16.4. The Labute approximate surface area is 669 Å². The highest BCUT2D eigenvalue weighted by atomic mass is 32.2. The smallest absolute Gasteiger partial charge is 0.466 e. The minimum atomic E-state index is -3.13. The van der Waals surface area contributed by atoms with Gasteiger partial charge in [0, 0.05) is 18.3 Å². The standard InChI is InChI=1S/C17H26O7.C10H14O2.4C8H16O2.C7H10O3S.C6H8O3.C3H6O3S.4C2H6/c1-6-16(2,3)14(18)20-8-11-9-7-10-13(24-17(4,5)23-10)12(9)22-15(19)21-11;11-10-8-2-6-1-7(3-8)5-9(4-6)12-10;4*1-5-8(3,4)7(9)10-6-2;8-11(9)7-3-4-1-5(7)6(2-4)10-11;7-6-8-4-1-2-5(3-4)9-6;4-7(5)3-1-2-6-7;4*1-2/h9-13H,6-8H2,1-5H3;6-9H,1-5H2;4*5-6H2,1-4H3;4-7H,1-3H2;4-5H,1-3H2;1-3H2;4*1-2H3. The van der Waals surface area contributed by atoms with E-state index in [4.69, 9.17) is 61.0 Å². The van der Waals surface area contributed by atoms with E-state index in [1.54, 1.807) is 0 Å². The molecule has 8 bridgehead atoms. The Bertz CT molecular complexity index is 2850. The van der Waals surface area contributed by atoms with E-state index >= 15 is 0 Å². The third-order valence-corrected chi connectivity index (χ3v) is 24.9. The Balaban J connectivity index is 0.00000124. The largest absolute Gasteiger partial charge is 0.509 e. The molecule has 0 aromatic rings. The summed E-state index contributed by atoms with van der Waals surface area (Å²) in [7, 11) is -6.18. The first-order valence-electron chi connectivity index (χ1n) is 41.8. The van der Waals surface area contributed by atoms with E-state index in [-0.39, 0.29) is 124 Å². The van der Waals surface area contributed by atoms with Gasteiger partial charge in [0.15, 0.2) is 5.79 Å².